The summed E-state index contributed by atoms with van der Waals surface area (Å²) in [6.45, 7) is 8.48. The van der Waals surface area contributed by atoms with E-state index in [1.165, 1.54) is 51.4 Å². The summed E-state index contributed by atoms with van der Waals surface area (Å²) in [7, 11) is 0. The summed E-state index contributed by atoms with van der Waals surface area (Å²) in [5.74, 6) is -3.18. The predicted molar refractivity (Wildman–Crippen MR) is 185 cm³/mol. The van der Waals surface area contributed by atoms with Gasteiger partial charge in [-0.2, -0.15) is 0 Å². The van der Waals surface area contributed by atoms with Crippen molar-refractivity contribution in [2.75, 3.05) is 17.2 Å². The van der Waals surface area contributed by atoms with Crippen molar-refractivity contribution in [2.45, 2.75) is 136 Å². The number of aliphatic carboxylic acids is 1. The number of urea groups is 1. The van der Waals surface area contributed by atoms with Crippen LogP contribution in [0.5, 0.6) is 0 Å². The summed E-state index contributed by atoms with van der Waals surface area (Å²) in [5, 5.41) is 32.1. The Morgan fingerprint density at radius 1 is 0.702 bits per heavy atom. The van der Waals surface area contributed by atoms with Crippen LogP contribution >= 0.6 is 0 Å². The van der Waals surface area contributed by atoms with Crippen LogP contribution in [0.4, 0.5) is 16.2 Å². The molecule has 0 fully saturated rings. The summed E-state index contributed by atoms with van der Waals surface area (Å²) in [4.78, 5) is 62.5. The highest BCUT2D eigenvalue weighted by atomic mass is 16.4. The zero-order valence-corrected chi connectivity index (χ0v) is 29.0. The van der Waals surface area contributed by atoms with Crippen LogP contribution in [-0.2, 0) is 19.2 Å². The molecule has 0 saturated heterocycles. The van der Waals surface area contributed by atoms with Crippen LogP contribution < -0.4 is 26.6 Å². The number of aliphatic hydroxyl groups is 1. The van der Waals surface area contributed by atoms with Gasteiger partial charge in [-0.25, -0.2) is 9.59 Å². The molecule has 12 nitrogen and oxygen atoms in total. The molecule has 0 aliphatic heterocycles. The fourth-order valence-corrected chi connectivity index (χ4v) is 5.11. The summed E-state index contributed by atoms with van der Waals surface area (Å²) < 4.78 is 0. The Morgan fingerprint density at radius 3 is 1.74 bits per heavy atom. The van der Waals surface area contributed by atoms with Gasteiger partial charge in [-0.05, 0) is 42.9 Å². The topological polar surface area (TPSA) is 186 Å². The van der Waals surface area contributed by atoms with E-state index in [9.17, 15) is 34.2 Å². The Bertz CT molecular complexity index is 1110. The van der Waals surface area contributed by atoms with Crippen molar-refractivity contribution in [3.63, 3.8) is 0 Å². The van der Waals surface area contributed by atoms with E-state index in [0.29, 0.717) is 17.8 Å². The quantitative estimate of drug-likeness (QED) is 0.0706. The highest BCUT2D eigenvalue weighted by molar-refractivity contribution is 5.97. The molecule has 0 aliphatic carbocycles. The summed E-state index contributed by atoms with van der Waals surface area (Å²) in [6.07, 6.45) is 13.9. The van der Waals surface area contributed by atoms with E-state index in [1.807, 2.05) is 13.8 Å². The molecule has 12 heteroatoms. The van der Waals surface area contributed by atoms with Gasteiger partial charge in [-0.3, -0.25) is 14.4 Å². The zero-order chi connectivity index (χ0) is 35.2. The molecule has 0 aliphatic rings. The third-order valence-electron chi connectivity index (χ3n) is 7.79. The van der Waals surface area contributed by atoms with E-state index in [4.69, 9.17) is 0 Å². The molecular formula is C35H59N5O7. The summed E-state index contributed by atoms with van der Waals surface area (Å²) >= 11 is 0. The number of aliphatic hydroxyl groups excluding tert-OH is 1. The van der Waals surface area contributed by atoms with Gasteiger partial charge in [0.2, 0.25) is 17.7 Å². The van der Waals surface area contributed by atoms with Crippen LogP contribution in [0.2, 0.25) is 0 Å². The molecule has 0 unspecified atom stereocenters. The maximum absolute atomic E-state index is 12.9. The number of carboxylic acid groups (broad SMARTS) is 1. The van der Waals surface area contributed by atoms with Gasteiger partial charge < -0.3 is 36.8 Å². The molecule has 5 amide bonds. The second kappa shape index (κ2) is 23.6. The van der Waals surface area contributed by atoms with Crippen LogP contribution in [0.15, 0.2) is 24.3 Å². The lowest BCUT2D eigenvalue weighted by molar-refractivity contribution is -0.143. The Balaban J connectivity index is 2.57. The molecule has 0 spiro atoms. The Morgan fingerprint density at radius 2 is 1.23 bits per heavy atom. The molecule has 3 atom stereocenters. The number of amides is 5. The third kappa shape index (κ3) is 18.3. The molecule has 1 aromatic carbocycles. The zero-order valence-electron chi connectivity index (χ0n) is 29.0. The van der Waals surface area contributed by atoms with E-state index in [1.54, 1.807) is 38.1 Å². The Hall–Kier alpha value is -3.67. The van der Waals surface area contributed by atoms with Gasteiger partial charge in [-0.15, -0.1) is 0 Å². The second-order valence-electron chi connectivity index (χ2n) is 13.0. The van der Waals surface area contributed by atoms with Crippen molar-refractivity contribution in [1.82, 2.24) is 16.0 Å². The number of anilines is 2. The molecule has 0 saturated carbocycles. The lowest BCUT2D eigenvalue weighted by Crippen LogP contribution is -2.57. The first-order valence-corrected chi connectivity index (χ1v) is 17.3. The van der Waals surface area contributed by atoms with Gasteiger partial charge >= 0.3 is 12.0 Å². The smallest absolute Gasteiger partial charge is 0.326 e. The highest BCUT2D eigenvalue weighted by Crippen LogP contribution is 2.17. The lowest BCUT2D eigenvalue weighted by atomic mass is 10.00. The first-order chi connectivity index (χ1) is 22.4. The van der Waals surface area contributed by atoms with E-state index < -0.39 is 48.5 Å². The summed E-state index contributed by atoms with van der Waals surface area (Å²) in [6, 6.07) is 2.20. The van der Waals surface area contributed by atoms with Crippen molar-refractivity contribution in [3.05, 3.63) is 24.3 Å². The van der Waals surface area contributed by atoms with Crippen LogP contribution in [0.25, 0.3) is 0 Å². The average molecular weight is 662 g/mol. The van der Waals surface area contributed by atoms with Crippen LogP contribution in [0, 0.1) is 11.8 Å². The van der Waals surface area contributed by atoms with Crippen LogP contribution in [0.3, 0.4) is 0 Å². The monoisotopic (exact) mass is 661 g/mol. The number of carbonyl (C=O) groups is 5. The van der Waals surface area contributed by atoms with Gasteiger partial charge in [0, 0.05) is 17.8 Å². The number of unbranched alkanes of at least 4 members (excludes halogenated alkanes) is 10. The van der Waals surface area contributed by atoms with Crippen molar-refractivity contribution >= 4 is 41.1 Å². The molecule has 1 rings (SSSR count). The van der Waals surface area contributed by atoms with E-state index in [-0.39, 0.29) is 24.2 Å². The van der Waals surface area contributed by atoms with Gasteiger partial charge in [0.25, 0.3) is 0 Å². The summed E-state index contributed by atoms with van der Waals surface area (Å²) in [5.41, 5.74) is 0.869. The highest BCUT2D eigenvalue weighted by Gasteiger charge is 2.31. The lowest BCUT2D eigenvalue weighted by Gasteiger charge is -2.26. The molecule has 0 radical (unpaired) electrons. The van der Waals surface area contributed by atoms with Gasteiger partial charge in [0.1, 0.15) is 18.1 Å². The van der Waals surface area contributed by atoms with Gasteiger partial charge in [0.05, 0.1) is 6.61 Å². The third-order valence-corrected chi connectivity index (χ3v) is 7.79. The average Bonchev–Trinajstić information content (AvgIpc) is 3.00. The molecule has 0 aromatic heterocycles. The van der Waals surface area contributed by atoms with Gasteiger partial charge in [0.15, 0.2) is 0 Å². The number of benzene rings is 1. The SMILES string of the molecule is CCCCCCCCCCCCCC(=O)Nc1cccc(NC(=O)N[C@@H](CO)C(=O)N[C@@H](CC(C)C)C(=O)N[C@H](C(=O)O)C(C)C)c1. The molecule has 47 heavy (non-hydrogen) atoms. The fourth-order valence-electron chi connectivity index (χ4n) is 5.11. The van der Waals surface area contributed by atoms with Crippen molar-refractivity contribution < 1.29 is 34.2 Å². The molecule has 0 heterocycles. The van der Waals surface area contributed by atoms with Crippen molar-refractivity contribution in [1.29, 1.82) is 0 Å². The number of nitrogens with one attached hydrogen (secondary N) is 5. The largest absolute Gasteiger partial charge is 0.480 e. The Kier molecular flexibility index (Phi) is 20.8. The normalized spacial score (nSPS) is 13.0. The number of hydrogen-bond acceptors (Lipinski definition) is 6. The number of rotatable bonds is 24. The predicted octanol–water partition coefficient (Wildman–Crippen LogP) is 5.56. The van der Waals surface area contributed by atoms with E-state index >= 15 is 0 Å². The number of carboxylic acids is 1. The minimum absolute atomic E-state index is 0.0234. The molecule has 7 N–H and O–H groups in total. The maximum Gasteiger partial charge on any atom is 0.326 e. The number of carbonyl (C=O) groups excluding carboxylic acids is 4. The van der Waals surface area contributed by atoms with Crippen molar-refractivity contribution in [3.8, 4) is 0 Å². The second-order valence-corrected chi connectivity index (χ2v) is 13.0. The molecule has 0 bridgehead atoms. The minimum atomic E-state index is -1.38. The minimum Gasteiger partial charge on any atom is -0.480 e. The van der Waals surface area contributed by atoms with Gasteiger partial charge in [-0.1, -0.05) is 105 Å². The molecule has 1 aromatic rings. The first-order valence-electron chi connectivity index (χ1n) is 17.3. The van der Waals surface area contributed by atoms with Crippen LogP contribution in [0.1, 0.15) is 118 Å². The molecular weight excluding hydrogens is 602 g/mol. The van der Waals surface area contributed by atoms with Crippen LogP contribution in [-0.4, -0.2) is 64.7 Å². The van der Waals surface area contributed by atoms with E-state index in [2.05, 4.69) is 33.5 Å². The maximum atomic E-state index is 12.9. The standard InChI is InChI=1S/C35H59N5O7/c1-6-7-8-9-10-11-12-13-14-15-16-20-30(42)36-26-18-17-19-27(22-26)37-35(47)39-29(23-41)33(44)38-28(21-24(2)3)32(43)40-31(25(4)5)34(45)46/h17-19,22,24-25,28-29,31,41H,6-16,20-21,23H2,1-5H3,(H,36,42)(H,38,44)(H,40,43)(H,45,46)(H2,37,39,47)/t28-,29-,31-/m0/s1. The van der Waals surface area contributed by atoms with Crippen molar-refractivity contribution in [2.24, 2.45) is 11.8 Å². The number of hydrogen-bond donors (Lipinski definition) is 7. The Labute approximate surface area is 280 Å². The molecule has 266 valence electrons. The first kappa shape index (κ1) is 41.4. The fraction of sp³-hybridized carbons (Fsp3) is 0.686. The van der Waals surface area contributed by atoms with E-state index in [0.717, 1.165) is 19.3 Å².